The topological polar surface area (TPSA) is 33.7 Å². The minimum atomic E-state index is 0. The summed E-state index contributed by atoms with van der Waals surface area (Å²) in [6.45, 7) is 5.42. The molecule has 1 aliphatic heterocycles. The molecule has 4 rings (SSSR count). The molecule has 2 aromatic carbocycles. The van der Waals surface area contributed by atoms with Crippen LogP contribution in [0, 0.1) is 6.92 Å². The molecule has 2 aliphatic rings. The zero-order chi connectivity index (χ0) is 18.8. The molecule has 0 aromatic heterocycles. The molecule has 4 nitrogen and oxygen atoms in total. The Labute approximate surface area is 174 Å². The Morgan fingerprint density at radius 1 is 1.14 bits per heavy atom. The van der Waals surface area contributed by atoms with E-state index in [4.69, 9.17) is 9.47 Å². The second-order valence-electron chi connectivity index (χ2n) is 7.65. The number of hydrogen-bond acceptors (Lipinski definition) is 4. The molecule has 0 radical (unpaired) electrons. The Bertz CT molecular complexity index is 824. The van der Waals surface area contributed by atoms with Crippen LogP contribution in [0.3, 0.4) is 0 Å². The maximum atomic E-state index is 5.69. The lowest BCUT2D eigenvalue weighted by molar-refractivity contribution is 0.185. The largest absolute Gasteiger partial charge is 0.493 e. The minimum absolute atomic E-state index is 0. The van der Waals surface area contributed by atoms with Crippen LogP contribution in [0.5, 0.6) is 11.5 Å². The van der Waals surface area contributed by atoms with Crippen LogP contribution < -0.4 is 14.8 Å². The molecule has 0 bridgehead atoms. The van der Waals surface area contributed by atoms with Crippen molar-refractivity contribution in [1.82, 2.24) is 4.90 Å². The monoisotopic (exact) mass is 402 g/mol. The highest BCUT2D eigenvalue weighted by Gasteiger charge is 2.36. The van der Waals surface area contributed by atoms with Crippen molar-refractivity contribution in [1.29, 1.82) is 0 Å². The van der Waals surface area contributed by atoms with Gasteiger partial charge in [0.1, 0.15) is 0 Å². The molecule has 2 aromatic rings. The van der Waals surface area contributed by atoms with Gasteiger partial charge in [-0.15, -0.1) is 12.4 Å². The number of nitrogens with one attached hydrogen (secondary N) is 1. The van der Waals surface area contributed by atoms with Gasteiger partial charge in [0.05, 0.1) is 14.2 Å². The summed E-state index contributed by atoms with van der Waals surface area (Å²) < 4.78 is 11.3. The van der Waals surface area contributed by atoms with Crippen molar-refractivity contribution >= 4 is 18.1 Å². The first-order valence-electron chi connectivity index (χ1n) is 10.0. The van der Waals surface area contributed by atoms with E-state index in [9.17, 15) is 0 Å². The highest BCUT2D eigenvalue weighted by molar-refractivity contribution is 5.85. The van der Waals surface area contributed by atoms with Gasteiger partial charge in [-0.1, -0.05) is 12.1 Å². The molecule has 1 unspecified atom stereocenters. The normalized spacial score (nSPS) is 17.6. The fourth-order valence-corrected chi connectivity index (χ4v) is 4.76. The first kappa shape index (κ1) is 20.8. The molecule has 0 saturated heterocycles. The summed E-state index contributed by atoms with van der Waals surface area (Å²) in [6, 6.07) is 11.3. The smallest absolute Gasteiger partial charge is 0.164 e. The molecule has 1 atom stereocenters. The van der Waals surface area contributed by atoms with Crippen molar-refractivity contribution in [3.05, 3.63) is 52.6 Å². The molecule has 28 heavy (non-hydrogen) atoms. The van der Waals surface area contributed by atoms with E-state index in [0.29, 0.717) is 6.04 Å². The molecule has 152 valence electrons. The van der Waals surface area contributed by atoms with E-state index in [0.717, 1.165) is 50.4 Å². The van der Waals surface area contributed by atoms with Gasteiger partial charge in [-0.2, -0.15) is 0 Å². The van der Waals surface area contributed by atoms with Gasteiger partial charge in [-0.05, 0) is 67.5 Å². The number of benzene rings is 2. The van der Waals surface area contributed by atoms with Crippen LogP contribution >= 0.6 is 12.4 Å². The van der Waals surface area contributed by atoms with E-state index in [1.165, 1.54) is 34.4 Å². The number of halogens is 1. The summed E-state index contributed by atoms with van der Waals surface area (Å²) in [7, 11) is 3.49. The maximum absolute atomic E-state index is 5.69. The minimum Gasteiger partial charge on any atom is -0.493 e. The summed E-state index contributed by atoms with van der Waals surface area (Å²) in [4.78, 5) is 2.67. The first-order chi connectivity index (χ1) is 13.2. The van der Waals surface area contributed by atoms with Gasteiger partial charge in [0.25, 0.3) is 0 Å². The third-order valence-corrected chi connectivity index (χ3v) is 5.98. The predicted molar refractivity (Wildman–Crippen MR) is 117 cm³/mol. The van der Waals surface area contributed by atoms with Crippen LogP contribution in [-0.4, -0.2) is 38.8 Å². The summed E-state index contributed by atoms with van der Waals surface area (Å²) in [5.41, 5.74) is 6.87. The van der Waals surface area contributed by atoms with E-state index in [1.54, 1.807) is 14.2 Å². The van der Waals surface area contributed by atoms with Crippen molar-refractivity contribution in [2.24, 2.45) is 0 Å². The van der Waals surface area contributed by atoms with Crippen molar-refractivity contribution in [2.45, 2.75) is 38.6 Å². The average Bonchev–Trinajstić information content (AvgIpc) is 3.12. The molecule has 1 aliphatic carbocycles. The summed E-state index contributed by atoms with van der Waals surface area (Å²) >= 11 is 0. The Hall–Kier alpha value is -1.91. The van der Waals surface area contributed by atoms with E-state index in [1.807, 2.05) is 0 Å². The van der Waals surface area contributed by atoms with Crippen molar-refractivity contribution in [3.8, 4) is 11.5 Å². The lowest BCUT2D eigenvalue weighted by atomic mass is 9.92. The molecule has 0 amide bonds. The molecule has 5 heteroatoms. The number of nitrogens with zero attached hydrogens (tertiary/aromatic N) is 1. The first-order valence-corrected chi connectivity index (χ1v) is 10.0. The van der Waals surface area contributed by atoms with Crippen LogP contribution in [-0.2, 0) is 12.8 Å². The summed E-state index contributed by atoms with van der Waals surface area (Å²) in [5.74, 6) is 1.84. The molecule has 1 N–H and O–H groups in total. The lowest BCUT2D eigenvalue weighted by Crippen LogP contribution is -2.35. The van der Waals surface area contributed by atoms with Crippen LogP contribution in [0.25, 0.3) is 0 Å². The number of anilines is 1. The van der Waals surface area contributed by atoms with Gasteiger partial charge in [0, 0.05) is 36.9 Å². The van der Waals surface area contributed by atoms with Crippen LogP contribution in [0.1, 0.15) is 41.1 Å². The standard InChI is InChI=1S/C23H30N2O2.ClH/c1-16-6-4-7-18(14-16)24-11-5-12-25-13-10-17-15-21(26-2)23(27-3)19-8-9-20(25)22(17)19;/h4,6-7,14-15,20,24H,5,8-13H2,1-3H3;1H. The van der Waals surface area contributed by atoms with Gasteiger partial charge < -0.3 is 14.8 Å². The number of aryl methyl sites for hydroxylation is 1. The molecule has 0 fully saturated rings. The molecule has 1 heterocycles. The second kappa shape index (κ2) is 9.06. The molecular formula is C23H31ClN2O2. The number of hydrogen-bond donors (Lipinski definition) is 1. The number of rotatable bonds is 7. The molecular weight excluding hydrogens is 372 g/mol. The van der Waals surface area contributed by atoms with Crippen LogP contribution in [0.15, 0.2) is 30.3 Å². The zero-order valence-corrected chi connectivity index (χ0v) is 17.9. The Kier molecular flexibility index (Phi) is 6.73. The van der Waals surface area contributed by atoms with E-state index < -0.39 is 0 Å². The summed E-state index contributed by atoms with van der Waals surface area (Å²) in [6.07, 6.45) is 4.54. The van der Waals surface area contributed by atoms with E-state index in [-0.39, 0.29) is 12.4 Å². The highest BCUT2D eigenvalue weighted by atomic mass is 35.5. The number of ether oxygens (including phenoxy) is 2. The van der Waals surface area contributed by atoms with E-state index >= 15 is 0 Å². The highest BCUT2D eigenvalue weighted by Crippen LogP contribution is 2.48. The predicted octanol–water partition coefficient (Wildman–Crippen LogP) is 4.78. The quantitative estimate of drug-likeness (QED) is 0.675. The van der Waals surface area contributed by atoms with Crippen molar-refractivity contribution in [3.63, 3.8) is 0 Å². The third kappa shape index (κ3) is 3.94. The van der Waals surface area contributed by atoms with Gasteiger partial charge in [-0.25, -0.2) is 0 Å². The Morgan fingerprint density at radius 2 is 2.00 bits per heavy atom. The van der Waals surface area contributed by atoms with E-state index in [2.05, 4.69) is 47.5 Å². The van der Waals surface area contributed by atoms with Crippen LogP contribution in [0.4, 0.5) is 5.69 Å². The Morgan fingerprint density at radius 3 is 2.75 bits per heavy atom. The fraction of sp³-hybridized carbons (Fsp3) is 0.478. The average molecular weight is 403 g/mol. The second-order valence-corrected chi connectivity index (χ2v) is 7.65. The third-order valence-electron chi connectivity index (χ3n) is 5.98. The number of methoxy groups -OCH3 is 2. The maximum Gasteiger partial charge on any atom is 0.164 e. The fourth-order valence-electron chi connectivity index (χ4n) is 4.76. The zero-order valence-electron chi connectivity index (χ0n) is 17.1. The molecule has 0 saturated carbocycles. The van der Waals surface area contributed by atoms with Gasteiger partial charge >= 0.3 is 0 Å². The Balaban J connectivity index is 0.00000225. The molecule has 0 spiro atoms. The van der Waals surface area contributed by atoms with Gasteiger partial charge in [0.2, 0.25) is 0 Å². The van der Waals surface area contributed by atoms with Gasteiger partial charge in [0.15, 0.2) is 11.5 Å². The summed E-state index contributed by atoms with van der Waals surface area (Å²) in [5, 5.41) is 3.56. The SMILES string of the molecule is COc1cc2c3c(c1OC)CCC3N(CCCNc1cccc(C)c1)CC2.Cl. The van der Waals surface area contributed by atoms with Crippen LogP contribution in [0.2, 0.25) is 0 Å². The van der Waals surface area contributed by atoms with Crippen molar-refractivity contribution < 1.29 is 9.47 Å². The van der Waals surface area contributed by atoms with Crippen molar-refractivity contribution in [2.75, 3.05) is 39.2 Å². The lowest BCUT2D eigenvalue weighted by Gasteiger charge is -2.35. The van der Waals surface area contributed by atoms with Gasteiger partial charge in [-0.3, -0.25) is 4.90 Å².